The van der Waals surface area contributed by atoms with Crippen molar-refractivity contribution in [1.29, 1.82) is 5.26 Å². The van der Waals surface area contributed by atoms with Crippen molar-refractivity contribution in [1.82, 2.24) is 9.88 Å². The van der Waals surface area contributed by atoms with Gasteiger partial charge in [-0.05, 0) is 61.8 Å². The van der Waals surface area contributed by atoms with Crippen molar-refractivity contribution in [2.24, 2.45) is 0 Å². The number of hydrogen-bond donors (Lipinski definition) is 3. The summed E-state index contributed by atoms with van der Waals surface area (Å²) in [7, 11) is 0. The summed E-state index contributed by atoms with van der Waals surface area (Å²) in [4.78, 5) is 19.2. The number of phenolic OH excluding ortho intramolecular Hbond substituents is 1. The molecule has 0 saturated carbocycles. The molecule has 1 fully saturated rings. The first-order valence-corrected chi connectivity index (χ1v) is 11.6. The molecule has 4 N–H and O–H groups in total. The summed E-state index contributed by atoms with van der Waals surface area (Å²) in [5, 5.41) is 23.3. The molecule has 0 spiro atoms. The number of nitrogens with zero attached hydrogens (tertiary/aromatic N) is 3. The van der Waals surface area contributed by atoms with E-state index in [-0.39, 0.29) is 23.0 Å². The number of piperidine rings is 1. The molecule has 34 heavy (non-hydrogen) atoms. The minimum atomic E-state index is -0.116. The average molecular weight is 476 g/mol. The number of benzene rings is 2. The fraction of sp³-hybridized carbons (Fsp3) is 0.269. The zero-order valence-corrected chi connectivity index (χ0v) is 19.5. The Balaban J connectivity index is 1.62. The number of anilines is 2. The molecule has 1 saturated heterocycles. The number of para-hydroxylation sites is 1. The van der Waals surface area contributed by atoms with E-state index in [4.69, 9.17) is 17.3 Å². The van der Waals surface area contributed by atoms with Crippen LogP contribution >= 0.6 is 11.6 Å². The largest absolute Gasteiger partial charge is 0.507 e. The third-order valence-corrected chi connectivity index (χ3v) is 6.32. The molecular formula is C26H26ClN5O2. The topological polar surface area (TPSA) is 115 Å². The number of halogens is 1. The van der Waals surface area contributed by atoms with Crippen LogP contribution in [0.4, 0.5) is 11.5 Å². The number of phenols is 1. The number of aromatic nitrogens is 1. The van der Waals surface area contributed by atoms with Crippen molar-refractivity contribution in [2.75, 3.05) is 30.7 Å². The Kier molecular flexibility index (Phi) is 7.31. The van der Waals surface area contributed by atoms with Gasteiger partial charge in [0, 0.05) is 24.1 Å². The van der Waals surface area contributed by atoms with Crippen molar-refractivity contribution in [3.8, 4) is 34.2 Å². The Hall–Kier alpha value is -3.60. The molecule has 0 radical (unpaired) electrons. The zero-order chi connectivity index (χ0) is 24.1. The lowest BCUT2D eigenvalue weighted by molar-refractivity contribution is -0.116. The quantitative estimate of drug-likeness (QED) is 0.459. The molecule has 4 rings (SSSR count). The number of hydrogen-bond acceptors (Lipinski definition) is 6. The van der Waals surface area contributed by atoms with E-state index in [2.05, 4.69) is 21.3 Å². The van der Waals surface area contributed by atoms with Gasteiger partial charge in [-0.2, -0.15) is 5.26 Å². The average Bonchev–Trinajstić information content (AvgIpc) is 2.84. The number of carbonyl (C=O) groups is 1. The highest BCUT2D eigenvalue weighted by atomic mass is 35.5. The molecule has 1 amide bonds. The number of rotatable bonds is 6. The normalized spacial score (nSPS) is 13.9. The van der Waals surface area contributed by atoms with E-state index in [0.717, 1.165) is 13.1 Å². The molecule has 174 valence electrons. The number of nitrogens with one attached hydrogen (secondary N) is 1. The highest BCUT2D eigenvalue weighted by Crippen LogP contribution is 2.36. The maximum Gasteiger partial charge on any atom is 0.225 e. The minimum Gasteiger partial charge on any atom is -0.507 e. The van der Waals surface area contributed by atoms with Crippen LogP contribution in [-0.2, 0) is 4.79 Å². The molecule has 2 heterocycles. The Morgan fingerprint density at radius 3 is 2.65 bits per heavy atom. The SMILES string of the molecule is N#Cc1c(-c2ccc(Cl)c(NC(=O)CCN3CCCCC3)c2)cc(-c2ccccc2O)nc1N. The van der Waals surface area contributed by atoms with E-state index in [1.807, 2.05) is 0 Å². The monoisotopic (exact) mass is 475 g/mol. The predicted octanol–water partition coefficient (Wildman–Crippen LogP) is 5.04. The fourth-order valence-corrected chi connectivity index (χ4v) is 4.35. The molecule has 7 nitrogen and oxygen atoms in total. The highest BCUT2D eigenvalue weighted by molar-refractivity contribution is 6.33. The Bertz CT molecular complexity index is 1250. The Morgan fingerprint density at radius 2 is 1.91 bits per heavy atom. The number of pyridine rings is 1. The Morgan fingerprint density at radius 1 is 1.15 bits per heavy atom. The second kappa shape index (κ2) is 10.6. The number of aromatic hydroxyl groups is 1. The molecule has 0 unspecified atom stereocenters. The highest BCUT2D eigenvalue weighted by Gasteiger charge is 2.17. The van der Waals surface area contributed by atoms with Crippen molar-refractivity contribution in [2.45, 2.75) is 25.7 Å². The first-order valence-electron chi connectivity index (χ1n) is 11.3. The van der Waals surface area contributed by atoms with Gasteiger partial charge in [-0.1, -0.05) is 36.2 Å². The van der Waals surface area contributed by atoms with Gasteiger partial charge in [0.1, 0.15) is 23.2 Å². The lowest BCUT2D eigenvalue weighted by Gasteiger charge is -2.26. The van der Waals surface area contributed by atoms with E-state index in [1.54, 1.807) is 48.5 Å². The minimum absolute atomic E-state index is 0.0559. The zero-order valence-electron chi connectivity index (χ0n) is 18.7. The maximum atomic E-state index is 12.6. The third kappa shape index (κ3) is 5.30. The summed E-state index contributed by atoms with van der Waals surface area (Å²) in [5.74, 6) is -0.00240. The molecule has 8 heteroatoms. The van der Waals surface area contributed by atoms with E-state index >= 15 is 0 Å². The number of carbonyl (C=O) groups excluding carboxylic acids is 1. The van der Waals surface area contributed by atoms with E-state index < -0.39 is 0 Å². The van der Waals surface area contributed by atoms with Crippen LogP contribution in [-0.4, -0.2) is 40.5 Å². The fourth-order valence-electron chi connectivity index (χ4n) is 4.18. The van der Waals surface area contributed by atoms with Gasteiger partial charge in [0.15, 0.2) is 0 Å². The van der Waals surface area contributed by atoms with Crippen LogP contribution in [0.25, 0.3) is 22.4 Å². The standard InChI is InChI=1S/C26H26ClN5O2/c27-21-9-8-17(14-23(21)30-25(34)10-13-32-11-4-1-5-12-32)19-15-22(31-26(29)20(19)16-28)18-6-2-3-7-24(18)33/h2-3,6-9,14-15,33H,1,4-5,10-13H2,(H2,29,31)(H,30,34). The molecule has 2 aromatic carbocycles. The predicted molar refractivity (Wildman–Crippen MR) is 134 cm³/mol. The van der Waals surface area contributed by atoms with Crippen molar-refractivity contribution >= 4 is 29.0 Å². The summed E-state index contributed by atoms with van der Waals surface area (Å²) in [5.41, 5.74) is 8.90. The van der Waals surface area contributed by atoms with Crippen LogP contribution in [0.2, 0.25) is 5.02 Å². The first-order chi connectivity index (χ1) is 16.5. The summed E-state index contributed by atoms with van der Waals surface area (Å²) in [6.45, 7) is 2.78. The number of nitrogens with two attached hydrogens (primary N) is 1. The van der Waals surface area contributed by atoms with Crippen molar-refractivity contribution in [3.05, 3.63) is 59.1 Å². The smallest absolute Gasteiger partial charge is 0.225 e. The van der Waals surface area contributed by atoms with Gasteiger partial charge in [0.2, 0.25) is 5.91 Å². The van der Waals surface area contributed by atoms with Gasteiger partial charge in [-0.25, -0.2) is 4.98 Å². The van der Waals surface area contributed by atoms with E-state index in [0.29, 0.717) is 46.1 Å². The number of amides is 1. The van der Waals surface area contributed by atoms with Gasteiger partial charge < -0.3 is 21.1 Å². The molecule has 1 aliphatic rings. The van der Waals surface area contributed by atoms with Crippen LogP contribution < -0.4 is 11.1 Å². The molecule has 1 aliphatic heterocycles. The second-order valence-electron chi connectivity index (χ2n) is 8.34. The summed E-state index contributed by atoms with van der Waals surface area (Å²) >= 11 is 6.37. The number of likely N-dealkylation sites (tertiary alicyclic amines) is 1. The van der Waals surface area contributed by atoms with Gasteiger partial charge in [-0.15, -0.1) is 0 Å². The van der Waals surface area contributed by atoms with Gasteiger partial charge in [-0.3, -0.25) is 4.79 Å². The number of nitriles is 1. The summed E-state index contributed by atoms with van der Waals surface area (Å²) < 4.78 is 0. The maximum absolute atomic E-state index is 12.6. The lowest BCUT2D eigenvalue weighted by Crippen LogP contribution is -2.32. The molecule has 0 bridgehead atoms. The van der Waals surface area contributed by atoms with Crippen molar-refractivity contribution < 1.29 is 9.90 Å². The molecule has 3 aromatic rings. The van der Waals surface area contributed by atoms with E-state index in [9.17, 15) is 15.2 Å². The van der Waals surface area contributed by atoms with Crippen LogP contribution in [0, 0.1) is 11.3 Å². The summed E-state index contributed by atoms with van der Waals surface area (Å²) in [6.07, 6.45) is 3.98. The first kappa shape index (κ1) is 23.6. The van der Waals surface area contributed by atoms with Gasteiger partial charge in [0.25, 0.3) is 0 Å². The van der Waals surface area contributed by atoms with Crippen LogP contribution in [0.1, 0.15) is 31.2 Å². The van der Waals surface area contributed by atoms with Gasteiger partial charge in [0.05, 0.1) is 16.4 Å². The number of nitrogen functional groups attached to an aromatic ring is 1. The molecular weight excluding hydrogens is 450 g/mol. The van der Waals surface area contributed by atoms with Crippen LogP contribution in [0.5, 0.6) is 5.75 Å². The van der Waals surface area contributed by atoms with E-state index in [1.165, 1.54) is 19.3 Å². The molecule has 1 aromatic heterocycles. The third-order valence-electron chi connectivity index (χ3n) is 5.99. The van der Waals surface area contributed by atoms with Gasteiger partial charge >= 0.3 is 0 Å². The Labute approximate surface area is 203 Å². The summed E-state index contributed by atoms with van der Waals surface area (Å²) in [6, 6.07) is 15.8. The van der Waals surface area contributed by atoms with Crippen LogP contribution in [0.15, 0.2) is 48.5 Å². The molecule has 0 aliphatic carbocycles. The van der Waals surface area contributed by atoms with Crippen molar-refractivity contribution in [3.63, 3.8) is 0 Å². The lowest BCUT2D eigenvalue weighted by atomic mass is 9.97. The molecule has 0 atom stereocenters. The second-order valence-corrected chi connectivity index (χ2v) is 8.75. The van der Waals surface area contributed by atoms with Crippen LogP contribution in [0.3, 0.4) is 0 Å².